The molecule has 2 rings (SSSR count). The molecule has 0 saturated carbocycles. The largest absolute Gasteiger partial charge is 0.439 e. The van der Waals surface area contributed by atoms with E-state index < -0.39 is 0 Å². The minimum absolute atomic E-state index is 0.644. The summed E-state index contributed by atoms with van der Waals surface area (Å²) < 4.78 is 4.69. The van der Waals surface area contributed by atoms with Crippen molar-refractivity contribution in [2.75, 3.05) is 0 Å². The predicted molar refractivity (Wildman–Crippen MR) is 38.6 cm³/mol. The van der Waals surface area contributed by atoms with E-state index in [0.29, 0.717) is 5.69 Å². The third-order valence-corrected chi connectivity index (χ3v) is 1.30. The van der Waals surface area contributed by atoms with Gasteiger partial charge >= 0.3 is 0 Å². The second-order valence-corrected chi connectivity index (χ2v) is 2.02. The zero-order valence-electron chi connectivity index (χ0n) is 5.69. The third kappa shape index (κ3) is 1.12. The van der Waals surface area contributed by atoms with Crippen LogP contribution in [0.4, 0.5) is 0 Å². The molecular weight excluding hydrogens is 140 g/mol. The molecule has 0 aromatic carbocycles. The van der Waals surface area contributed by atoms with E-state index in [1.54, 1.807) is 6.20 Å². The lowest BCUT2D eigenvalue weighted by atomic mass is 10.3. The van der Waals surface area contributed by atoms with Crippen LogP contribution in [0.5, 0.6) is 0 Å². The van der Waals surface area contributed by atoms with Crippen LogP contribution in [0.1, 0.15) is 0 Å². The summed E-state index contributed by atoms with van der Waals surface area (Å²) in [6.45, 7) is 0. The first-order valence-electron chi connectivity index (χ1n) is 3.19. The Kier molecular flexibility index (Phi) is 1.41. The first kappa shape index (κ1) is 6.09. The van der Waals surface area contributed by atoms with E-state index in [0.717, 1.165) is 5.69 Å². The number of oxazole rings is 1. The SMILES string of the molecule is [c]1ocnc1-c1ccccn1. The van der Waals surface area contributed by atoms with Crippen LogP contribution >= 0.6 is 0 Å². The van der Waals surface area contributed by atoms with E-state index >= 15 is 0 Å². The Morgan fingerprint density at radius 1 is 1.27 bits per heavy atom. The second kappa shape index (κ2) is 2.54. The van der Waals surface area contributed by atoms with Crippen LogP contribution in [0, 0.1) is 6.26 Å². The minimum atomic E-state index is 0.644. The van der Waals surface area contributed by atoms with Crippen molar-refractivity contribution >= 4 is 0 Å². The van der Waals surface area contributed by atoms with Crippen molar-refractivity contribution in [1.82, 2.24) is 9.97 Å². The van der Waals surface area contributed by atoms with Gasteiger partial charge in [0.25, 0.3) is 0 Å². The first-order chi connectivity index (χ1) is 5.47. The Morgan fingerprint density at radius 2 is 2.27 bits per heavy atom. The normalized spacial score (nSPS) is 9.82. The Bertz CT molecular complexity index is 315. The number of nitrogens with zero attached hydrogens (tertiary/aromatic N) is 2. The summed E-state index contributed by atoms with van der Waals surface area (Å²) in [6.07, 6.45) is 5.65. The van der Waals surface area contributed by atoms with Crippen molar-refractivity contribution < 1.29 is 4.42 Å². The van der Waals surface area contributed by atoms with Gasteiger partial charge in [0.1, 0.15) is 5.69 Å². The molecular formula is C8H5N2O. The van der Waals surface area contributed by atoms with Crippen LogP contribution in [-0.2, 0) is 0 Å². The summed E-state index contributed by atoms with van der Waals surface area (Å²) in [7, 11) is 0. The summed E-state index contributed by atoms with van der Waals surface area (Å²) >= 11 is 0. The summed E-state index contributed by atoms with van der Waals surface area (Å²) in [5, 5.41) is 0. The molecule has 0 amide bonds. The van der Waals surface area contributed by atoms with E-state index in [2.05, 4.69) is 16.2 Å². The van der Waals surface area contributed by atoms with Crippen molar-refractivity contribution in [3.63, 3.8) is 0 Å². The fraction of sp³-hybridized carbons (Fsp3) is 0. The van der Waals surface area contributed by atoms with Crippen LogP contribution in [-0.4, -0.2) is 9.97 Å². The number of aromatic nitrogens is 2. The maximum Gasteiger partial charge on any atom is 0.201 e. The van der Waals surface area contributed by atoms with Gasteiger partial charge in [-0.3, -0.25) is 4.98 Å². The topological polar surface area (TPSA) is 38.9 Å². The van der Waals surface area contributed by atoms with Crippen LogP contribution in [0.3, 0.4) is 0 Å². The van der Waals surface area contributed by atoms with Gasteiger partial charge in [0.15, 0.2) is 6.39 Å². The van der Waals surface area contributed by atoms with E-state index in [9.17, 15) is 0 Å². The fourth-order valence-corrected chi connectivity index (χ4v) is 0.809. The molecule has 0 aliphatic heterocycles. The van der Waals surface area contributed by atoms with Gasteiger partial charge in [0, 0.05) is 6.20 Å². The Labute approximate surface area is 63.7 Å². The number of hydrogen-bond donors (Lipinski definition) is 0. The number of hydrogen-bond acceptors (Lipinski definition) is 3. The second-order valence-electron chi connectivity index (χ2n) is 2.02. The predicted octanol–water partition coefficient (Wildman–Crippen LogP) is 1.54. The van der Waals surface area contributed by atoms with Crippen molar-refractivity contribution in [3.05, 3.63) is 37.1 Å². The summed E-state index contributed by atoms with van der Waals surface area (Å²) in [6, 6.07) is 5.60. The van der Waals surface area contributed by atoms with Gasteiger partial charge in [-0.25, -0.2) is 4.98 Å². The van der Waals surface area contributed by atoms with Crippen LogP contribution in [0.15, 0.2) is 35.2 Å². The molecule has 0 fully saturated rings. The molecule has 0 bridgehead atoms. The van der Waals surface area contributed by atoms with E-state index in [1.807, 2.05) is 18.2 Å². The Hall–Kier alpha value is -1.64. The molecule has 3 nitrogen and oxygen atoms in total. The lowest BCUT2D eigenvalue weighted by molar-refractivity contribution is 0.549. The van der Waals surface area contributed by atoms with E-state index in [1.165, 1.54) is 6.39 Å². The molecule has 1 radical (unpaired) electrons. The molecule has 0 unspecified atom stereocenters. The molecule has 0 aliphatic rings. The molecule has 0 saturated heterocycles. The zero-order chi connectivity index (χ0) is 7.52. The van der Waals surface area contributed by atoms with E-state index in [4.69, 9.17) is 4.42 Å². The van der Waals surface area contributed by atoms with Crippen molar-refractivity contribution in [1.29, 1.82) is 0 Å². The van der Waals surface area contributed by atoms with Gasteiger partial charge < -0.3 is 4.42 Å². The number of rotatable bonds is 1. The molecule has 0 N–H and O–H groups in total. The van der Waals surface area contributed by atoms with Crippen LogP contribution in [0.25, 0.3) is 11.4 Å². The summed E-state index contributed by atoms with van der Waals surface area (Å²) in [5.74, 6) is 0. The molecule has 53 valence electrons. The zero-order valence-corrected chi connectivity index (χ0v) is 5.69. The molecule has 11 heavy (non-hydrogen) atoms. The highest BCUT2D eigenvalue weighted by Crippen LogP contribution is 2.10. The lowest BCUT2D eigenvalue weighted by Gasteiger charge is -1.89. The third-order valence-electron chi connectivity index (χ3n) is 1.30. The highest BCUT2D eigenvalue weighted by Gasteiger charge is 1.99. The average molecular weight is 145 g/mol. The van der Waals surface area contributed by atoms with Crippen molar-refractivity contribution in [2.45, 2.75) is 0 Å². The highest BCUT2D eigenvalue weighted by atomic mass is 16.3. The first-order valence-corrected chi connectivity index (χ1v) is 3.19. The average Bonchev–Trinajstić information content (AvgIpc) is 2.58. The quantitative estimate of drug-likeness (QED) is 0.610. The molecule has 3 heteroatoms. The monoisotopic (exact) mass is 145 g/mol. The minimum Gasteiger partial charge on any atom is -0.439 e. The maximum absolute atomic E-state index is 4.69. The summed E-state index contributed by atoms with van der Waals surface area (Å²) in [5.41, 5.74) is 1.42. The smallest absolute Gasteiger partial charge is 0.201 e. The van der Waals surface area contributed by atoms with Gasteiger partial charge in [-0.2, -0.15) is 0 Å². The van der Waals surface area contributed by atoms with Crippen LogP contribution in [0.2, 0.25) is 0 Å². The molecule has 0 spiro atoms. The van der Waals surface area contributed by atoms with E-state index in [-0.39, 0.29) is 0 Å². The molecule has 2 heterocycles. The number of pyridine rings is 1. The lowest BCUT2D eigenvalue weighted by Crippen LogP contribution is -1.79. The molecule has 2 aromatic rings. The van der Waals surface area contributed by atoms with Gasteiger partial charge in [-0.15, -0.1) is 0 Å². The Morgan fingerprint density at radius 3 is 2.91 bits per heavy atom. The van der Waals surface area contributed by atoms with Crippen molar-refractivity contribution in [3.8, 4) is 11.4 Å². The fourth-order valence-electron chi connectivity index (χ4n) is 0.809. The maximum atomic E-state index is 4.69. The van der Waals surface area contributed by atoms with Gasteiger partial charge in [0.05, 0.1) is 5.69 Å². The standard InChI is InChI=1S/C8H5N2O/c1-2-4-9-7(3-1)8-5-11-6-10-8/h1-4,6H. The van der Waals surface area contributed by atoms with Crippen molar-refractivity contribution in [2.24, 2.45) is 0 Å². The van der Waals surface area contributed by atoms with Crippen LogP contribution < -0.4 is 0 Å². The molecule has 0 aliphatic carbocycles. The molecule has 0 atom stereocenters. The molecule has 2 aromatic heterocycles. The van der Waals surface area contributed by atoms with Gasteiger partial charge in [-0.1, -0.05) is 6.07 Å². The Balaban J connectivity index is 2.46. The van der Waals surface area contributed by atoms with Gasteiger partial charge in [-0.05, 0) is 12.1 Å². The van der Waals surface area contributed by atoms with Gasteiger partial charge in [0.2, 0.25) is 6.26 Å². The summed E-state index contributed by atoms with van der Waals surface area (Å²) in [4.78, 5) is 7.97. The highest BCUT2D eigenvalue weighted by molar-refractivity contribution is 5.50.